The molecule has 0 spiro atoms. The molecule has 1 N–H and O–H groups in total. The first kappa shape index (κ1) is 23.2. The predicted octanol–water partition coefficient (Wildman–Crippen LogP) is 5.01. The van der Waals surface area contributed by atoms with Crippen LogP contribution in [0.15, 0.2) is 65.2 Å². The van der Waals surface area contributed by atoms with Gasteiger partial charge in [0.25, 0.3) is 0 Å². The average Bonchev–Trinajstić information content (AvgIpc) is 3.35. The summed E-state index contributed by atoms with van der Waals surface area (Å²) < 4.78 is 17.7. The number of nitrogens with zero attached hydrogens (tertiary/aromatic N) is 2. The highest BCUT2D eigenvalue weighted by molar-refractivity contribution is 5.93. The molecule has 172 valence electrons. The highest BCUT2D eigenvalue weighted by atomic mass is 16.5. The van der Waals surface area contributed by atoms with E-state index >= 15 is 0 Å². The Morgan fingerprint density at radius 3 is 2.62 bits per heavy atom. The van der Waals surface area contributed by atoms with Crippen LogP contribution in [0.1, 0.15) is 28.8 Å². The number of carbonyl (C=O) groups excluding carboxylic acids is 1. The molecule has 0 aliphatic carbocycles. The van der Waals surface area contributed by atoms with Crippen LogP contribution in [0.2, 0.25) is 0 Å². The van der Waals surface area contributed by atoms with Crippen molar-refractivity contribution in [2.24, 2.45) is 0 Å². The van der Waals surface area contributed by atoms with Crippen LogP contribution in [-0.2, 0) is 4.74 Å². The number of rotatable bonds is 5. The second-order valence-electron chi connectivity index (χ2n) is 7.70. The molecule has 1 aliphatic heterocycles. The number of benzene rings is 2. The monoisotopic (exact) mass is 456 g/mol. The first-order valence-corrected chi connectivity index (χ1v) is 10.9. The molecule has 0 amide bonds. The fraction of sp³-hybridized carbons (Fsp3) is 0.222. The van der Waals surface area contributed by atoms with Crippen LogP contribution < -0.4 is 4.74 Å². The van der Waals surface area contributed by atoms with Gasteiger partial charge in [0, 0.05) is 42.7 Å². The lowest BCUT2D eigenvalue weighted by Gasteiger charge is -2.23. The summed E-state index contributed by atoms with van der Waals surface area (Å²) in [4.78, 5) is 15.3. The third kappa shape index (κ3) is 4.84. The molecule has 0 saturated carbocycles. The van der Waals surface area contributed by atoms with Gasteiger partial charge in [0.15, 0.2) is 5.58 Å². The largest absolute Gasteiger partial charge is 0.487 e. The van der Waals surface area contributed by atoms with Gasteiger partial charge in [0.05, 0.1) is 12.2 Å². The maximum atomic E-state index is 10.9. The Labute approximate surface area is 197 Å². The first-order valence-electron chi connectivity index (χ1n) is 10.9. The minimum atomic E-state index is -0.0347. The van der Waals surface area contributed by atoms with E-state index < -0.39 is 0 Å². The van der Waals surface area contributed by atoms with Crippen molar-refractivity contribution in [3.63, 3.8) is 0 Å². The normalized spacial score (nSPS) is 15.1. The molecular formula is C27H24N2O5. The van der Waals surface area contributed by atoms with Gasteiger partial charge in [0.1, 0.15) is 35.5 Å². The zero-order valence-corrected chi connectivity index (χ0v) is 18.7. The van der Waals surface area contributed by atoms with Gasteiger partial charge in [0.2, 0.25) is 0 Å². The second-order valence-corrected chi connectivity index (χ2v) is 7.70. The molecule has 0 bridgehead atoms. The van der Waals surface area contributed by atoms with Gasteiger partial charge in [-0.15, -0.1) is 0 Å². The summed E-state index contributed by atoms with van der Waals surface area (Å²) in [6.07, 6.45) is 4.37. The van der Waals surface area contributed by atoms with Crippen LogP contribution in [0.5, 0.6) is 5.75 Å². The Bertz CT molecular complexity index is 1320. The Kier molecular flexibility index (Phi) is 7.33. The third-order valence-electron chi connectivity index (χ3n) is 5.57. The van der Waals surface area contributed by atoms with Crippen LogP contribution in [-0.4, -0.2) is 42.8 Å². The highest BCUT2D eigenvalue weighted by Crippen LogP contribution is 2.35. The van der Waals surface area contributed by atoms with Crippen molar-refractivity contribution in [3.8, 4) is 34.3 Å². The molecule has 34 heavy (non-hydrogen) atoms. The number of hydrogen-bond donors (Lipinski definition) is 1. The molecule has 2 aromatic heterocycles. The molecule has 3 heterocycles. The van der Waals surface area contributed by atoms with Gasteiger partial charge < -0.3 is 19.0 Å². The maximum Gasteiger partial charge on any atom is 0.161 e. The van der Waals surface area contributed by atoms with Crippen molar-refractivity contribution in [2.45, 2.75) is 18.9 Å². The number of aldehydes is 1. The number of hydrogen-bond acceptors (Lipinski definition) is 7. The predicted molar refractivity (Wildman–Crippen MR) is 128 cm³/mol. The van der Waals surface area contributed by atoms with Crippen LogP contribution in [0.4, 0.5) is 0 Å². The molecule has 4 aromatic rings. The van der Waals surface area contributed by atoms with E-state index in [1.54, 1.807) is 18.3 Å². The third-order valence-corrected chi connectivity index (χ3v) is 5.57. The SMILES string of the molecule is CO.N#Cc1cc(-c2ccnc3cc(-c4ccc(C=O)cc4)oc23)ccc1OC1CCCOC1. The molecule has 1 saturated heterocycles. The van der Waals surface area contributed by atoms with Crippen molar-refractivity contribution in [1.29, 1.82) is 5.26 Å². The number of furan rings is 1. The molecule has 0 radical (unpaired) electrons. The molecule has 7 nitrogen and oxygen atoms in total. The number of aliphatic hydroxyl groups is 1. The quantitative estimate of drug-likeness (QED) is 0.421. The molecule has 1 aliphatic rings. The lowest BCUT2D eigenvalue weighted by molar-refractivity contribution is 0.00732. The second kappa shape index (κ2) is 10.8. The van der Waals surface area contributed by atoms with Crippen molar-refractivity contribution < 1.29 is 23.8 Å². The van der Waals surface area contributed by atoms with E-state index in [9.17, 15) is 10.1 Å². The van der Waals surface area contributed by atoms with E-state index in [4.69, 9.17) is 19.0 Å². The minimum Gasteiger partial charge on any atom is -0.487 e. The Balaban J connectivity index is 0.00000133. The number of aliphatic hydroxyl groups excluding tert-OH is 1. The molecule has 1 atom stereocenters. The molecule has 7 heteroatoms. The van der Waals surface area contributed by atoms with Gasteiger partial charge in [-0.3, -0.25) is 9.78 Å². The zero-order valence-electron chi connectivity index (χ0n) is 18.7. The van der Waals surface area contributed by atoms with Gasteiger partial charge in [-0.2, -0.15) is 5.26 Å². The fourth-order valence-corrected chi connectivity index (χ4v) is 3.90. The molecule has 1 unspecified atom stereocenters. The summed E-state index contributed by atoms with van der Waals surface area (Å²) in [5, 5.41) is 16.7. The Morgan fingerprint density at radius 2 is 1.91 bits per heavy atom. The topological polar surface area (TPSA) is 106 Å². The van der Waals surface area contributed by atoms with Crippen molar-refractivity contribution in [3.05, 3.63) is 71.9 Å². The summed E-state index contributed by atoms with van der Waals surface area (Å²) in [6.45, 7) is 1.30. The standard InChI is InChI=1S/C26H20N2O4.CH4O/c27-14-20-12-19(7-8-24(20)31-21-2-1-11-30-16-21)22-9-10-28-23-13-25(32-26(22)23)18-5-3-17(15-29)4-6-18;1-2/h3-10,12-13,15,21H,1-2,11,16H2;2H,1H3. The van der Waals surface area contributed by atoms with E-state index in [1.165, 1.54) is 0 Å². The van der Waals surface area contributed by atoms with Gasteiger partial charge >= 0.3 is 0 Å². The Hall–Kier alpha value is -3.99. The number of aromatic nitrogens is 1. The lowest BCUT2D eigenvalue weighted by atomic mass is 10.0. The van der Waals surface area contributed by atoms with Gasteiger partial charge in [-0.1, -0.05) is 30.3 Å². The van der Waals surface area contributed by atoms with Gasteiger partial charge in [-0.05, 0) is 36.6 Å². The number of pyridine rings is 1. The van der Waals surface area contributed by atoms with E-state index in [0.29, 0.717) is 34.8 Å². The highest BCUT2D eigenvalue weighted by Gasteiger charge is 2.18. The summed E-state index contributed by atoms with van der Waals surface area (Å²) in [5.41, 5.74) is 4.98. The Morgan fingerprint density at radius 1 is 1.12 bits per heavy atom. The maximum absolute atomic E-state index is 10.9. The van der Waals surface area contributed by atoms with E-state index in [-0.39, 0.29) is 6.10 Å². The average molecular weight is 456 g/mol. The van der Waals surface area contributed by atoms with Crippen molar-refractivity contribution in [2.75, 3.05) is 20.3 Å². The number of nitriles is 1. The van der Waals surface area contributed by atoms with Gasteiger partial charge in [-0.25, -0.2) is 0 Å². The van der Waals surface area contributed by atoms with Crippen LogP contribution in [0.3, 0.4) is 0 Å². The van der Waals surface area contributed by atoms with Crippen molar-refractivity contribution >= 4 is 17.4 Å². The summed E-state index contributed by atoms with van der Waals surface area (Å²) in [6, 6.07) is 18.7. The van der Waals surface area contributed by atoms with Crippen LogP contribution in [0.25, 0.3) is 33.6 Å². The molecule has 2 aromatic carbocycles. The van der Waals surface area contributed by atoms with Crippen LogP contribution in [0, 0.1) is 11.3 Å². The number of ether oxygens (including phenoxy) is 2. The number of fused-ring (bicyclic) bond motifs is 1. The van der Waals surface area contributed by atoms with Crippen molar-refractivity contribution in [1.82, 2.24) is 4.98 Å². The summed E-state index contributed by atoms with van der Waals surface area (Å²) in [7, 11) is 1.00. The summed E-state index contributed by atoms with van der Waals surface area (Å²) >= 11 is 0. The van der Waals surface area contributed by atoms with E-state index in [1.807, 2.05) is 42.5 Å². The van der Waals surface area contributed by atoms with E-state index in [0.717, 1.165) is 55.1 Å². The molecule has 1 fully saturated rings. The lowest BCUT2D eigenvalue weighted by Crippen LogP contribution is -2.28. The molecular weight excluding hydrogens is 432 g/mol. The smallest absolute Gasteiger partial charge is 0.161 e. The first-order chi connectivity index (χ1) is 16.7. The van der Waals surface area contributed by atoms with Crippen LogP contribution >= 0.6 is 0 Å². The molecule has 5 rings (SSSR count). The fourth-order valence-electron chi connectivity index (χ4n) is 3.90. The zero-order chi connectivity index (χ0) is 23.9. The minimum absolute atomic E-state index is 0.0347. The summed E-state index contributed by atoms with van der Waals surface area (Å²) in [5.74, 6) is 1.22. The number of carbonyl (C=O) groups is 1. The van der Waals surface area contributed by atoms with E-state index in [2.05, 4.69) is 11.1 Å².